The molecule has 1 nitrogen and oxygen atoms in total. The van der Waals surface area contributed by atoms with Gasteiger partial charge in [-0.15, -0.1) is 0 Å². The van der Waals surface area contributed by atoms with Crippen LogP contribution in [-0.2, 0) is 0 Å². The highest BCUT2D eigenvalue weighted by Crippen LogP contribution is 2.16. The zero-order chi connectivity index (χ0) is 5.98. The summed E-state index contributed by atoms with van der Waals surface area (Å²) >= 11 is 5.74. The lowest BCUT2D eigenvalue weighted by molar-refractivity contribution is 0.293. The maximum Gasteiger partial charge on any atom is 0.0164 e. The Balaban J connectivity index is 2.23. The van der Waals surface area contributed by atoms with E-state index in [0.29, 0.717) is 0 Å². The Morgan fingerprint density at radius 1 is 1.62 bits per heavy atom. The lowest BCUT2D eigenvalue weighted by atomic mass is 10.0. The minimum Gasteiger partial charge on any atom is -0.220 e. The van der Waals surface area contributed by atoms with Crippen LogP contribution in [-0.4, -0.2) is 17.5 Å². The second-order valence-corrected chi connectivity index (χ2v) is 3.09. The highest BCUT2D eigenvalue weighted by atomic mass is 35.5. The first-order valence-corrected chi connectivity index (χ1v) is 3.53. The predicted molar refractivity (Wildman–Crippen MR) is 35.8 cm³/mol. The van der Waals surface area contributed by atoms with Crippen LogP contribution in [0.2, 0.25) is 0 Å². The topological polar surface area (TPSA) is 3.24 Å². The fourth-order valence-corrected chi connectivity index (χ4v) is 1.49. The standard InChI is InChI=1S/C6H12ClN/c1-6-3-2-4-8(7)5-6/h6H,2-5H2,1H3. The van der Waals surface area contributed by atoms with Crippen LogP contribution >= 0.6 is 11.8 Å². The molecule has 1 saturated heterocycles. The SMILES string of the molecule is CC1CCCN(Cl)C1. The molecule has 1 fully saturated rings. The van der Waals surface area contributed by atoms with E-state index in [1.165, 1.54) is 12.8 Å². The lowest BCUT2D eigenvalue weighted by Gasteiger charge is -2.24. The van der Waals surface area contributed by atoms with Crippen LogP contribution in [0.3, 0.4) is 0 Å². The van der Waals surface area contributed by atoms with Crippen LogP contribution in [0.4, 0.5) is 0 Å². The van der Waals surface area contributed by atoms with Crippen molar-refractivity contribution in [2.75, 3.05) is 13.1 Å². The Morgan fingerprint density at radius 3 is 2.75 bits per heavy atom. The van der Waals surface area contributed by atoms with Gasteiger partial charge in [-0.25, -0.2) is 4.42 Å². The molecule has 48 valence electrons. The van der Waals surface area contributed by atoms with Gasteiger partial charge in [0.15, 0.2) is 0 Å². The Kier molecular flexibility index (Phi) is 2.15. The molecule has 1 aliphatic heterocycles. The molecule has 1 unspecified atom stereocenters. The van der Waals surface area contributed by atoms with Gasteiger partial charge in [0.25, 0.3) is 0 Å². The number of piperidine rings is 1. The third-order valence-corrected chi connectivity index (χ3v) is 1.91. The molecule has 0 aromatic carbocycles. The summed E-state index contributed by atoms with van der Waals surface area (Å²) in [5.41, 5.74) is 0. The number of hydrogen-bond acceptors (Lipinski definition) is 1. The van der Waals surface area contributed by atoms with Gasteiger partial charge in [0.1, 0.15) is 0 Å². The first-order chi connectivity index (χ1) is 3.79. The van der Waals surface area contributed by atoms with E-state index in [2.05, 4.69) is 6.92 Å². The molecule has 8 heavy (non-hydrogen) atoms. The van der Waals surface area contributed by atoms with Gasteiger partial charge >= 0.3 is 0 Å². The van der Waals surface area contributed by atoms with Crippen LogP contribution in [0.1, 0.15) is 19.8 Å². The van der Waals surface area contributed by atoms with Crippen molar-refractivity contribution in [2.45, 2.75) is 19.8 Å². The van der Waals surface area contributed by atoms with E-state index in [0.717, 1.165) is 19.0 Å². The van der Waals surface area contributed by atoms with Crippen molar-refractivity contribution in [3.05, 3.63) is 0 Å². The van der Waals surface area contributed by atoms with Gasteiger partial charge < -0.3 is 0 Å². The molecular formula is C6H12ClN. The van der Waals surface area contributed by atoms with Gasteiger partial charge in [0, 0.05) is 13.1 Å². The molecule has 1 atom stereocenters. The normalized spacial score (nSPS) is 33.0. The molecule has 1 rings (SSSR count). The molecular weight excluding hydrogens is 122 g/mol. The van der Waals surface area contributed by atoms with E-state index >= 15 is 0 Å². The van der Waals surface area contributed by atoms with Crippen molar-refractivity contribution in [2.24, 2.45) is 5.92 Å². The molecule has 0 aliphatic carbocycles. The fraction of sp³-hybridized carbons (Fsp3) is 1.00. The third kappa shape index (κ3) is 1.64. The van der Waals surface area contributed by atoms with E-state index < -0.39 is 0 Å². The molecule has 0 saturated carbocycles. The minimum atomic E-state index is 0.807. The van der Waals surface area contributed by atoms with Crippen molar-refractivity contribution in [1.29, 1.82) is 0 Å². The van der Waals surface area contributed by atoms with E-state index in [1.54, 1.807) is 0 Å². The van der Waals surface area contributed by atoms with Gasteiger partial charge in [0.2, 0.25) is 0 Å². The number of rotatable bonds is 0. The van der Waals surface area contributed by atoms with Crippen LogP contribution in [0.15, 0.2) is 0 Å². The summed E-state index contributed by atoms with van der Waals surface area (Å²) in [7, 11) is 0. The molecule has 0 aromatic heterocycles. The molecule has 0 amide bonds. The largest absolute Gasteiger partial charge is 0.220 e. The lowest BCUT2D eigenvalue weighted by Crippen LogP contribution is -2.26. The van der Waals surface area contributed by atoms with Crippen molar-refractivity contribution >= 4 is 11.8 Å². The van der Waals surface area contributed by atoms with Crippen LogP contribution in [0.25, 0.3) is 0 Å². The zero-order valence-electron chi connectivity index (χ0n) is 5.23. The highest BCUT2D eigenvalue weighted by Gasteiger charge is 2.12. The van der Waals surface area contributed by atoms with Crippen LogP contribution < -0.4 is 0 Å². The quantitative estimate of drug-likeness (QED) is 0.456. The van der Waals surface area contributed by atoms with Crippen LogP contribution in [0.5, 0.6) is 0 Å². The first-order valence-electron chi connectivity index (χ1n) is 3.20. The van der Waals surface area contributed by atoms with E-state index in [1.807, 2.05) is 4.42 Å². The molecule has 1 aliphatic rings. The molecule has 0 radical (unpaired) electrons. The minimum absolute atomic E-state index is 0.807. The monoisotopic (exact) mass is 133 g/mol. The molecule has 0 N–H and O–H groups in total. The third-order valence-electron chi connectivity index (χ3n) is 1.61. The average Bonchev–Trinajstić information content (AvgIpc) is 1.64. The predicted octanol–water partition coefficient (Wildman–Crippen LogP) is 1.87. The second kappa shape index (κ2) is 2.70. The molecule has 0 spiro atoms. The Hall–Kier alpha value is 0.250. The molecule has 0 aromatic rings. The second-order valence-electron chi connectivity index (χ2n) is 2.62. The smallest absolute Gasteiger partial charge is 0.0164 e. The average molecular weight is 134 g/mol. The fourth-order valence-electron chi connectivity index (χ4n) is 1.13. The summed E-state index contributed by atoms with van der Waals surface area (Å²) in [6.45, 7) is 4.39. The van der Waals surface area contributed by atoms with Gasteiger partial charge in [0.05, 0.1) is 0 Å². The molecule has 2 heteroatoms. The van der Waals surface area contributed by atoms with Gasteiger partial charge in [-0.05, 0) is 30.5 Å². The summed E-state index contributed by atoms with van der Waals surface area (Å²) < 4.78 is 1.88. The highest BCUT2D eigenvalue weighted by molar-refractivity contribution is 6.13. The van der Waals surface area contributed by atoms with Crippen LogP contribution in [0, 0.1) is 5.92 Å². The Bertz CT molecular complexity index is 66.9. The van der Waals surface area contributed by atoms with Crippen molar-refractivity contribution < 1.29 is 0 Å². The van der Waals surface area contributed by atoms with E-state index in [9.17, 15) is 0 Å². The number of nitrogens with zero attached hydrogens (tertiary/aromatic N) is 1. The van der Waals surface area contributed by atoms with E-state index in [-0.39, 0.29) is 0 Å². The van der Waals surface area contributed by atoms with Gasteiger partial charge in [-0.3, -0.25) is 0 Å². The van der Waals surface area contributed by atoms with Crippen molar-refractivity contribution in [3.8, 4) is 0 Å². The Labute approximate surface area is 55.7 Å². The molecule has 1 heterocycles. The summed E-state index contributed by atoms with van der Waals surface area (Å²) in [4.78, 5) is 0. The summed E-state index contributed by atoms with van der Waals surface area (Å²) in [5.74, 6) is 0.807. The summed E-state index contributed by atoms with van der Waals surface area (Å²) in [6, 6.07) is 0. The maximum atomic E-state index is 5.74. The van der Waals surface area contributed by atoms with Crippen molar-refractivity contribution in [1.82, 2.24) is 4.42 Å². The number of hydrogen-bond donors (Lipinski definition) is 0. The van der Waals surface area contributed by atoms with Gasteiger partial charge in [-0.2, -0.15) is 0 Å². The van der Waals surface area contributed by atoms with Gasteiger partial charge in [-0.1, -0.05) is 6.92 Å². The summed E-state index contributed by atoms with van der Waals surface area (Å²) in [5, 5.41) is 0. The summed E-state index contributed by atoms with van der Waals surface area (Å²) in [6.07, 6.45) is 2.62. The van der Waals surface area contributed by atoms with Crippen molar-refractivity contribution in [3.63, 3.8) is 0 Å². The first kappa shape index (κ1) is 6.37. The maximum absolute atomic E-state index is 5.74. The number of halogens is 1. The Morgan fingerprint density at radius 2 is 2.38 bits per heavy atom. The molecule has 0 bridgehead atoms. The zero-order valence-corrected chi connectivity index (χ0v) is 5.99. The van der Waals surface area contributed by atoms with E-state index in [4.69, 9.17) is 11.8 Å².